The highest BCUT2D eigenvalue weighted by molar-refractivity contribution is 5.85. The van der Waals surface area contributed by atoms with Gasteiger partial charge in [0.25, 0.3) is 5.56 Å². The molecule has 2 heterocycles. The summed E-state index contributed by atoms with van der Waals surface area (Å²) in [5.41, 5.74) is 1.18. The van der Waals surface area contributed by atoms with Crippen LogP contribution in [-0.2, 0) is 11.3 Å². The van der Waals surface area contributed by atoms with E-state index in [0.29, 0.717) is 22.5 Å². The Morgan fingerprint density at radius 3 is 2.55 bits per heavy atom. The van der Waals surface area contributed by atoms with Crippen LogP contribution in [0.4, 0.5) is 10.1 Å². The van der Waals surface area contributed by atoms with Crippen molar-refractivity contribution in [3.63, 3.8) is 0 Å². The monoisotopic (exact) mass is 523 g/mol. The quantitative estimate of drug-likeness (QED) is 0.525. The number of hydrogen-bond acceptors (Lipinski definition) is 6. The van der Waals surface area contributed by atoms with E-state index in [1.54, 1.807) is 0 Å². The van der Waals surface area contributed by atoms with Gasteiger partial charge in [-0.05, 0) is 77.4 Å². The average Bonchev–Trinajstić information content (AvgIpc) is 3.11. The van der Waals surface area contributed by atoms with Gasteiger partial charge in [-0.1, -0.05) is 0 Å². The fourth-order valence-electron chi connectivity index (χ4n) is 4.88. The predicted molar refractivity (Wildman–Crippen MR) is 149 cm³/mol. The molecule has 0 atom stereocenters. The molecule has 1 saturated heterocycles. The fourth-order valence-corrected chi connectivity index (χ4v) is 4.88. The van der Waals surface area contributed by atoms with E-state index in [1.807, 2.05) is 39.0 Å². The molecule has 0 unspecified atom stereocenters. The second-order valence-electron chi connectivity index (χ2n) is 11.1. The summed E-state index contributed by atoms with van der Waals surface area (Å²) < 4.78 is 20.7. The minimum absolute atomic E-state index is 0.0366. The molecule has 0 aliphatic carbocycles. The summed E-state index contributed by atoms with van der Waals surface area (Å²) in [5.74, 6) is -0.516. The van der Waals surface area contributed by atoms with Gasteiger partial charge in [-0.3, -0.25) is 19.1 Å². The summed E-state index contributed by atoms with van der Waals surface area (Å²) in [6.07, 6.45) is 1.04. The van der Waals surface area contributed by atoms with Crippen LogP contribution in [-0.4, -0.2) is 65.2 Å². The van der Waals surface area contributed by atoms with Crippen LogP contribution in [0.25, 0.3) is 22.3 Å². The maximum atomic E-state index is 14.1. The normalized spacial score (nSPS) is 15.1. The first-order chi connectivity index (χ1) is 18.0. The van der Waals surface area contributed by atoms with Gasteiger partial charge in [0, 0.05) is 49.0 Å². The molecule has 1 aliphatic heterocycles. The van der Waals surface area contributed by atoms with E-state index in [2.05, 4.69) is 29.0 Å². The van der Waals surface area contributed by atoms with Crippen molar-refractivity contribution in [2.24, 2.45) is 0 Å². The Balaban J connectivity index is 1.80. The van der Waals surface area contributed by atoms with E-state index in [1.165, 1.54) is 29.9 Å². The van der Waals surface area contributed by atoms with Crippen LogP contribution in [0, 0.1) is 5.82 Å². The predicted octanol–water partition coefficient (Wildman–Crippen LogP) is 4.05. The second kappa shape index (κ2) is 11.1. The number of carbonyl (C=O) groups is 1. The number of anilines is 1. The second-order valence-corrected chi connectivity index (χ2v) is 11.1. The van der Waals surface area contributed by atoms with Gasteiger partial charge in [-0.15, -0.1) is 0 Å². The van der Waals surface area contributed by atoms with Gasteiger partial charge in [0.15, 0.2) is 11.6 Å². The first-order valence-corrected chi connectivity index (χ1v) is 13.2. The summed E-state index contributed by atoms with van der Waals surface area (Å²) >= 11 is 0. The molecule has 0 radical (unpaired) electrons. The minimum atomic E-state index is -0.519. The van der Waals surface area contributed by atoms with Crippen molar-refractivity contribution in [3.05, 3.63) is 52.6 Å². The molecule has 9 heteroatoms. The summed E-state index contributed by atoms with van der Waals surface area (Å²) in [7, 11) is 1.38. The minimum Gasteiger partial charge on any atom is -0.494 e. The molecule has 0 saturated carbocycles. The third kappa shape index (κ3) is 6.15. The first-order valence-electron chi connectivity index (χ1n) is 13.2. The summed E-state index contributed by atoms with van der Waals surface area (Å²) in [4.78, 5) is 36.4. The number of methoxy groups -OCH3 is 1. The largest absolute Gasteiger partial charge is 0.494 e. The van der Waals surface area contributed by atoms with Gasteiger partial charge in [0.05, 0.1) is 18.0 Å². The number of hydrogen-bond donors (Lipinski definition) is 1. The van der Waals surface area contributed by atoms with E-state index >= 15 is 0 Å². The maximum Gasteiger partial charge on any atom is 0.262 e. The third-order valence-electron chi connectivity index (χ3n) is 6.79. The molecule has 1 amide bonds. The number of ether oxygens (including phenoxy) is 1. The molecule has 8 nitrogen and oxygen atoms in total. The summed E-state index contributed by atoms with van der Waals surface area (Å²) in [6, 6.07) is 10.5. The van der Waals surface area contributed by atoms with E-state index in [4.69, 9.17) is 9.72 Å². The smallest absolute Gasteiger partial charge is 0.262 e. The van der Waals surface area contributed by atoms with Gasteiger partial charge in [0.1, 0.15) is 12.4 Å². The molecule has 1 N–H and O–H groups in total. The van der Waals surface area contributed by atoms with E-state index in [0.717, 1.165) is 38.3 Å². The average molecular weight is 524 g/mol. The lowest BCUT2D eigenvalue weighted by atomic mass is 10.1. The lowest BCUT2D eigenvalue weighted by Gasteiger charge is -2.26. The van der Waals surface area contributed by atoms with Crippen LogP contribution in [0.2, 0.25) is 0 Å². The number of rotatable bonds is 6. The molecule has 38 heavy (non-hydrogen) atoms. The third-order valence-corrected chi connectivity index (χ3v) is 6.79. The zero-order chi connectivity index (χ0) is 27.6. The van der Waals surface area contributed by atoms with Gasteiger partial charge in [0.2, 0.25) is 5.91 Å². The standard InChI is InChI=1S/C29H38FN5O3/c1-19(2)33-12-7-13-34(15-14-33)21-9-11-24-22(17-21)28(37)35(18-26(36)32-29(3,4)5)27(31-24)20-8-10-23(30)25(16-20)38-6/h8-11,16-17,19H,7,12-15,18H2,1-6H3,(H,32,36). The van der Waals surface area contributed by atoms with Crippen LogP contribution < -0.4 is 20.5 Å². The Kier molecular flexibility index (Phi) is 8.06. The molecule has 204 valence electrons. The lowest BCUT2D eigenvalue weighted by Crippen LogP contribution is -2.43. The molecule has 3 aromatic rings. The molecule has 1 aliphatic rings. The first kappa shape index (κ1) is 27.6. The van der Waals surface area contributed by atoms with E-state index < -0.39 is 11.4 Å². The Hall–Kier alpha value is -3.46. The highest BCUT2D eigenvalue weighted by Gasteiger charge is 2.22. The molecule has 1 aromatic heterocycles. The Bertz CT molecular complexity index is 1380. The van der Waals surface area contributed by atoms with Gasteiger partial charge >= 0.3 is 0 Å². The molecule has 0 bridgehead atoms. The number of halogens is 1. The van der Waals surface area contributed by atoms with Crippen molar-refractivity contribution in [2.75, 3.05) is 38.2 Å². The number of nitrogens with zero attached hydrogens (tertiary/aromatic N) is 4. The van der Waals surface area contributed by atoms with E-state index in [9.17, 15) is 14.0 Å². The molecule has 1 fully saturated rings. The van der Waals surface area contributed by atoms with Crippen LogP contribution in [0.1, 0.15) is 41.0 Å². The van der Waals surface area contributed by atoms with Gasteiger partial charge in [-0.25, -0.2) is 9.37 Å². The molecule has 0 spiro atoms. The van der Waals surface area contributed by atoms with Crippen molar-refractivity contribution in [1.29, 1.82) is 0 Å². The molecular weight excluding hydrogens is 485 g/mol. The number of benzene rings is 2. The van der Waals surface area contributed by atoms with Crippen LogP contribution in [0.3, 0.4) is 0 Å². The van der Waals surface area contributed by atoms with Gasteiger partial charge in [-0.2, -0.15) is 0 Å². The zero-order valence-electron chi connectivity index (χ0n) is 23.2. The highest BCUT2D eigenvalue weighted by Crippen LogP contribution is 2.27. The molecular formula is C29H38FN5O3. The number of carbonyl (C=O) groups excluding carboxylic acids is 1. The van der Waals surface area contributed by atoms with Crippen molar-refractivity contribution in [2.45, 2.75) is 59.2 Å². The Morgan fingerprint density at radius 1 is 1.11 bits per heavy atom. The topological polar surface area (TPSA) is 79.7 Å². The van der Waals surface area contributed by atoms with Crippen LogP contribution >= 0.6 is 0 Å². The van der Waals surface area contributed by atoms with E-state index in [-0.39, 0.29) is 29.6 Å². The van der Waals surface area contributed by atoms with Gasteiger partial charge < -0.3 is 15.0 Å². The van der Waals surface area contributed by atoms with Crippen LogP contribution in [0.5, 0.6) is 5.75 Å². The molecule has 2 aromatic carbocycles. The number of fused-ring (bicyclic) bond motifs is 1. The van der Waals surface area contributed by atoms with Crippen molar-refractivity contribution in [1.82, 2.24) is 19.8 Å². The summed E-state index contributed by atoms with van der Waals surface area (Å²) in [6.45, 7) is 13.6. The zero-order valence-corrected chi connectivity index (χ0v) is 23.2. The maximum absolute atomic E-state index is 14.1. The van der Waals surface area contributed by atoms with Crippen LogP contribution in [0.15, 0.2) is 41.2 Å². The summed E-state index contributed by atoms with van der Waals surface area (Å²) in [5, 5.41) is 3.35. The molecule has 4 rings (SSSR count). The SMILES string of the molecule is COc1cc(-c2nc3ccc(N4CCCN(C(C)C)CC4)cc3c(=O)n2CC(=O)NC(C)(C)C)ccc1F. The number of nitrogens with one attached hydrogen (secondary N) is 1. The highest BCUT2D eigenvalue weighted by atomic mass is 19.1. The number of aromatic nitrogens is 2. The van der Waals surface area contributed by atoms with Crippen molar-refractivity contribution < 1.29 is 13.9 Å². The van der Waals surface area contributed by atoms with Crippen molar-refractivity contribution in [3.8, 4) is 17.1 Å². The van der Waals surface area contributed by atoms with Crippen molar-refractivity contribution >= 4 is 22.5 Å². The lowest BCUT2D eigenvalue weighted by molar-refractivity contribution is -0.123. The fraction of sp³-hybridized carbons (Fsp3) is 0.483. The number of amides is 1. The Morgan fingerprint density at radius 2 is 1.87 bits per heavy atom. The Labute approximate surface area is 223 Å².